The van der Waals surface area contributed by atoms with Crippen molar-refractivity contribution < 1.29 is 4.42 Å². The molecule has 2 rings (SSSR count). The molecule has 2 aromatic rings. The molecule has 74 valence electrons. The summed E-state index contributed by atoms with van der Waals surface area (Å²) in [5, 5.41) is 16.1. The third kappa shape index (κ3) is 2.05. The molecule has 4 nitrogen and oxygen atoms in total. The van der Waals surface area contributed by atoms with Crippen molar-refractivity contribution in [3.8, 4) is 17.5 Å². The molecular weight excluding hydrogens is 258 g/mol. The number of nitriles is 1. The maximum atomic E-state index is 8.47. The predicted octanol–water partition coefficient (Wildman–Crippen LogP) is 2.57. The minimum Gasteiger partial charge on any atom is -0.420 e. The van der Waals surface area contributed by atoms with E-state index in [0.29, 0.717) is 11.8 Å². The fourth-order valence-corrected chi connectivity index (χ4v) is 1.59. The second-order valence-electron chi connectivity index (χ2n) is 2.82. The molecule has 0 unspecified atom stereocenters. The molecule has 5 heteroatoms. The van der Waals surface area contributed by atoms with Crippen LogP contribution in [0.2, 0.25) is 0 Å². The second kappa shape index (κ2) is 4.24. The number of aromatic nitrogens is 2. The smallest absolute Gasteiger partial charge is 0.248 e. The summed E-state index contributed by atoms with van der Waals surface area (Å²) in [4.78, 5) is 0. The van der Waals surface area contributed by atoms with Crippen LogP contribution >= 0.6 is 15.9 Å². The van der Waals surface area contributed by atoms with Crippen LogP contribution in [0.4, 0.5) is 0 Å². The van der Waals surface area contributed by atoms with Crippen molar-refractivity contribution in [2.75, 3.05) is 0 Å². The van der Waals surface area contributed by atoms with E-state index in [1.807, 2.05) is 30.3 Å². The first-order valence-electron chi connectivity index (χ1n) is 4.25. The molecule has 0 bridgehead atoms. The summed E-state index contributed by atoms with van der Waals surface area (Å²) in [5.74, 6) is 0.760. The summed E-state index contributed by atoms with van der Waals surface area (Å²) in [6, 6.07) is 9.50. The average Bonchev–Trinajstić information content (AvgIpc) is 2.68. The highest BCUT2D eigenvalue weighted by atomic mass is 79.9. The van der Waals surface area contributed by atoms with Gasteiger partial charge in [0, 0.05) is 4.47 Å². The molecule has 1 heterocycles. The van der Waals surface area contributed by atoms with Crippen LogP contribution in [0.3, 0.4) is 0 Å². The minimum absolute atomic E-state index is 0.136. The molecule has 0 N–H and O–H groups in total. The molecule has 0 amide bonds. The van der Waals surface area contributed by atoms with Crippen molar-refractivity contribution in [1.29, 1.82) is 5.26 Å². The van der Waals surface area contributed by atoms with E-state index in [1.165, 1.54) is 0 Å². The van der Waals surface area contributed by atoms with Gasteiger partial charge in [-0.15, -0.1) is 10.2 Å². The molecule has 0 spiro atoms. The van der Waals surface area contributed by atoms with Crippen LogP contribution in [-0.2, 0) is 6.42 Å². The molecule has 0 saturated carbocycles. The van der Waals surface area contributed by atoms with Gasteiger partial charge in [-0.25, -0.2) is 0 Å². The summed E-state index contributed by atoms with van der Waals surface area (Å²) >= 11 is 3.39. The number of benzene rings is 1. The molecule has 15 heavy (non-hydrogen) atoms. The Morgan fingerprint density at radius 3 is 2.87 bits per heavy atom. The highest BCUT2D eigenvalue weighted by molar-refractivity contribution is 9.10. The van der Waals surface area contributed by atoms with Gasteiger partial charge in [-0.3, -0.25) is 0 Å². The lowest BCUT2D eigenvalue weighted by atomic mass is 10.2. The first-order valence-corrected chi connectivity index (χ1v) is 5.05. The van der Waals surface area contributed by atoms with Crippen LogP contribution in [0, 0.1) is 11.3 Å². The predicted molar refractivity (Wildman–Crippen MR) is 56.8 cm³/mol. The van der Waals surface area contributed by atoms with Crippen LogP contribution in [0.1, 0.15) is 5.89 Å². The fraction of sp³-hybridized carbons (Fsp3) is 0.100. The Morgan fingerprint density at radius 2 is 2.13 bits per heavy atom. The van der Waals surface area contributed by atoms with Crippen molar-refractivity contribution in [3.63, 3.8) is 0 Å². The van der Waals surface area contributed by atoms with E-state index in [9.17, 15) is 0 Å². The summed E-state index contributed by atoms with van der Waals surface area (Å²) in [7, 11) is 0. The molecule has 0 saturated heterocycles. The maximum Gasteiger partial charge on any atom is 0.248 e. The van der Waals surface area contributed by atoms with Crippen LogP contribution < -0.4 is 0 Å². The van der Waals surface area contributed by atoms with E-state index in [0.717, 1.165) is 10.0 Å². The van der Waals surface area contributed by atoms with Gasteiger partial charge in [-0.05, 0) is 28.1 Å². The standard InChI is InChI=1S/C10H6BrN3O/c11-8-4-2-1-3-7(8)10-14-13-9(15-10)5-6-12/h1-4H,5H2. The van der Waals surface area contributed by atoms with E-state index >= 15 is 0 Å². The lowest BCUT2D eigenvalue weighted by Gasteiger charge is -1.96. The first-order chi connectivity index (χ1) is 7.31. The minimum atomic E-state index is 0.136. The van der Waals surface area contributed by atoms with E-state index in [2.05, 4.69) is 26.1 Å². The van der Waals surface area contributed by atoms with E-state index < -0.39 is 0 Å². The molecule has 0 aliphatic heterocycles. The summed E-state index contributed by atoms with van der Waals surface area (Å²) in [5.41, 5.74) is 0.828. The highest BCUT2D eigenvalue weighted by Crippen LogP contribution is 2.26. The van der Waals surface area contributed by atoms with Crippen molar-refractivity contribution in [2.45, 2.75) is 6.42 Å². The zero-order valence-corrected chi connectivity index (χ0v) is 9.23. The number of hydrogen-bond donors (Lipinski definition) is 0. The zero-order valence-electron chi connectivity index (χ0n) is 7.64. The highest BCUT2D eigenvalue weighted by Gasteiger charge is 2.10. The van der Waals surface area contributed by atoms with Crippen molar-refractivity contribution in [2.24, 2.45) is 0 Å². The molecule has 0 aliphatic carbocycles. The van der Waals surface area contributed by atoms with Gasteiger partial charge in [0.1, 0.15) is 6.42 Å². The quantitative estimate of drug-likeness (QED) is 0.836. The van der Waals surface area contributed by atoms with Crippen LogP contribution in [0.15, 0.2) is 33.2 Å². The number of rotatable bonds is 2. The molecule has 0 aliphatic rings. The van der Waals surface area contributed by atoms with Gasteiger partial charge in [-0.1, -0.05) is 12.1 Å². The molecule has 0 fully saturated rings. The summed E-state index contributed by atoms with van der Waals surface area (Å²) in [6.07, 6.45) is 0.136. The van der Waals surface area contributed by atoms with Crippen LogP contribution in [0.25, 0.3) is 11.5 Å². The third-order valence-corrected chi connectivity index (χ3v) is 2.49. The summed E-state index contributed by atoms with van der Waals surface area (Å²) in [6.45, 7) is 0. The zero-order chi connectivity index (χ0) is 10.7. The van der Waals surface area contributed by atoms with Crippen molar-refractivity contribution >= 4 is 15.9 Å². The average molecular weight is 264 g/mol. The van der Waals surface area contributed by atoms with Crippen molar-refractivity contribution in [3.05, 3.63) is 34.6 Å². The largest absolute Gasteiger partial charge is 0.420 e. The van der Waals surface area contributed by atoms with E-state index in [4.69, 9.17) is 9.68 Å². The van der Waals surface area contributed by atoms with Crippen LogP contribution in [-0.4, -0.2) is 10.2 Å². The third-order valence-electron chi connectivity index (χ3n) is 1.80. The lowest BCUT2D eigenvalue weighted by Crippen LogP contribution is -1.79. The second-order valence-corrected chi connectivity index (χ2v) is 3.67. The Kier molecular flexibility index (Phi) is 2.79. The van der Waals surface area contributed by atoms with Gasteiger partial charge in [0.2, 0.25) is 11.8 Å². The lowest BCUT2D eigenvalue weighted by molar-refractivity contribution is 0.521. The van der Waals surface area contributed by atoms with Gasteiger partial charge in [0.15, 0.2) is 0 Å². The number of hydrogen-bond acceptors (Lipinski definition) is 4. The topological polar surface area (TPSA) is 62.7 Å². The number of nitrogens with zero attached hydrogens (tertiary/aromatic N) is 3. The molecule has 1 aromatic heterocycles. The molecular formula is C10H6BrN3O. The van der Waals surface area contributed by atoms with Gasteiger partial charge in [0.05, 0.1) is 11.6 Å². The summed E-state index contributed by atoms with van der Waals surface area (Å²) < 4.78 is 6.20. The SMILES string of the molecule is N#CCc1nnc(-c2ccccc2Br)o1. The van der Waals surface area contributed by atoms with Crippen LogP contribution in [0.5, 0.6) is 0 Å². The Hall–Kier alpha value is -1.67. The number of halogens is 1. The van der Waals surface area contributed by atoms with Gasteiger partial charge in [-0.2, -0.15) is 5.26 Å². The van der Waals surface area contributed by atoms with E-state index in [1.54, 1.807) is 0 Å². The maximum absolute atomic E-state index is 8.47. The fourth-order valence-electron chi connectivity index (χ4n) is 1.14. The van der Waals surface area contributed by atoms with Crippen molar-refractivity contribution in [1.82, 2.24) is 10.2 Å². The van der Waals surface area contributed by atoms with E-state index in [-0.39, 0.29) is 6.42 Å². The monoisotopic (exact) mass is 263 g/mol. The van der Waals surface area contributed by atoms with Gasteiger partial charge in [0.25, 0.3) is 0 Å². The normalized spacial score (nSPS) is 9.87. The van der Waals surface area contributed by atoms with Gasteiger partial charge < -0.3 is 4.42 Å². The molecule has 0 atom stereocenters. The Balaban J connectivity index is 2.38. The molecule has 0 radical (unpaired) electrons. The first kappa shape index (κ1) is 9.87. The molecule has 1 aromatic carbocycles. The Morgan fingerprint density at radius 1 is 1.33 bits per heavy atom. The Bertz CT molecular complexity index is 515. The Labute approximate surface area is 94.7 Å². The van der Waals surface area contributed by atoms with Gasteiger partial charge >= 0.3 is 0 Å².